The topological polar surface area (TPSA) is 288 Å². The molecule has 2 saturated heterocycles. The molecule has 1 unspecified atom stereocenters. The minimum absolute atomic E-state index is 0.0463. The third-order valence-corrected chi connectivity index (χ3v) is 8.01. The van der Waals surface area contributed by atoms with Gasteiger partial charge in [0.1, 0.15) is 72.5 Å². The van der Waals surface area contributed by atoms with E-state index in [1.165, 1.54) is 25.3 Å². The van der Waals surface area contributed by atoms with E-state index in [4.69, 9.17) is 28.4 Å². The van der Waals surface area contributed by atoms with Crippen LogP contribution >= 0.6 is 0 Å². The van der Waals surface area contributed by atoms with Crippen molar-refractivity contribution in [1.29, 1.82) is 0 Å². The summed E-state index contributed by atoms with van der Waals surface area (Å²) in [5.41, 5.74) is 0.234. The van der Waals surface area contributed by atoms with Crippen molar-refractivity contribution in [3.05, 3.63) is 41.2 Å². The molecule has 2 fully saturated rings. The highest BCUT2D eigenvalue weighted by Gasteiger charge is 2.48. The number of fused-ring (bicyclic) bond motifs is 1. The number of esters is 1. The van der Waals surface area contributed by atoms with E-state index < -0.39 is 98.2 Å². The largest absolute Gasteiger partial charge is 0.571 e. The highest BCUT2D eigenvalue weighted by Crippen LogP contribution is 2.48. The number of hydrogen-bond acceptors (Lipinski definition) is 17. The zero-order valence-electron chi connectivity index (χ0n) is 25.4. The Morgan fingerprint density at radius 2 is 1.44 bits per heavy atom. The summed E-state index contributed by atoms with van der Waals surface area (Å²) >= 11 is 0. The predicted molar refractivity (Wildman–Crippen MR) is 156 cm³/mol. The van der Waals surface area contributed by atoms with Gasteiger partial charge in [0.15, 0.2) is 17.3 Å². The second-order valence-corrected chi connectivity index (χ2v) is 11.3. The zero-order chi connectivity index (χ0) is 35.0. The lowest BCUT2D eigenvalue weighted by Crippen LogP contribution is -2.60. The van der Waals surface area contributed by atoms with Crippen LogP contribution in [-0.4, -0.2) is 144 Å². The van der Waals surface area contributed by atoms with Crippen molar-refractivity contribution in [2.75, 3.05) is 20.3 Å². The molecule has 0 aromatic heterocycles. The summed E-state index contributed by atoms with van der Waals surface area (Å²) in [6.07, 6.45) is -16.6. The normalized spacial score (nSPS) is 33.1. The van der Waals surface area contributed by atoms with Gasteiger partial charge in [0.05, 0.1) is 25.3 Å². The van der Waals surface area contributed by atoms with Crippen LogP contribution in [0.5, 0.6) is 34.5 Å². The van der Waals surface area contributed by atoms with E-state index in [2.05, 4.69) is 4.74 Å². The van der Waals surface area contributed by atoms with Gasteiger partial charge in [-0.15, -0.1) is 0 Å². The number of phenolic OH excluding ortho intramolecular Hbond substituents is 3. The molecule has 0 amide bonds. The van der Waals surface area contributed by atoms with Crippen molar-refractivity contribution < 1.29 is 89.0 Å². The number of aliphatic hydroxyl groups is 8. The number of methoxy groups -OCH3 is 1. The Labute approximate surface area is 271 Å². The molecule has 2 aromatic rings. The minimum Gasteiger partial charge on any atom is -0.571 e. The van der Waals surface area contributed by atoms with Gasteiger partial charge in [-0.1, -0.05) is 0 Å². The fourth-order valence-corrected chi connectivity index (χ4v) is 5.41. The van der Waals surface area contributed by atoms with E-state index in [0.717, 1.165) is 19.1 Å². The van der Waals surface area contributed by atoms with Gasteiger partial charge in [0.2, 0.25) is 18.3 Å². The molecule has 0 saturated carbocycles. The summed E-state index contributed by atoms with van der Waals surface area (Å²) in [5, 5.41) is 104. The summed E-state index contributed by atoms with van der Waals surface area (Å²) in [4.78, 5) is 11.3. The lowest BCUT2D eigenvalue weighted by atomic mass is 9.98. The number of ether oxygens (including phenoxy) is 7. The van der Waals surface area contributed by atoms with Crippen LogP contribution in [-0.2, 0) is 23.7 Å². The van der Waals surface area contributed by atoms with Crippen LogP contribution in [0.4, 0.5) is 0 Å². The smallest absolute Gasteiger partial charge is 0.302 e. The number of aromatic hydroxyl groups is 4. The average molecular weight is 686 g/mol. The summed E-state index contributed by atoms with van der Waals surface area (Å²) in [5.74, 6) is -2.70. The Morgan fingerprint density at radius 3 is 2.06 bits per heavy atom. The molecule has 3 aliphatic rings. The second kappa shape index (κ2) is 14.2. The molecule has 0 radical (unpaired) electrons. The van der Waals surface area contributed by atoms with Gasteiger partial charge < -0.3 is 84.2 Å². The number of carbonyl (C=O) groups excluding carboxylic acids is 1. The average Bonchev–Trinajstić information content (AvgIpc) is 3.05. The maximum atomic E-state index is 11.3. The Kier molecular flexibility index (Phi) is 10.4. The SMILES string of the molecule is COc1cc(C2[OH+]c3cc(O)cc(O[C@@H]4O[C@H](COC(C)=O)[C@H](O)[C@H](O)[C@H]4O)c3C=C2O[C@@H]2O[C@H](CO)[C@H](O)[C@H](O)[C@H]2O)cc(O)c1O. The summed E-state index contributed by atoms with van der Waals surface area (Å²) in [7, 11) is 1.24. The van der Waals surface area contributed by atoms with Crippen molar-refractivity contribution >= 4 is 12.0 Å². The first-order valence-electron chi connectivity index (χ1n) is 14.6. The molecule has 11 atom stereocenters. The van der Waals surface area contributed by atoms with E-state index >= 15 is 0 Å². The Hall–Kier alpha value is -4.11. The number of carbonyl (C=O) groups is 1. The molecule has 18 nitrogen and oxygen atoms in total. The van der Waals surface area contributed by atoms with E-state index in [9.17, 15) is 55.9 Å². The van der Waals surface area contributed by atoms with E-state index in [0.29, 0.717) is 0 Å². The first-order chi connectivity index (χ1) is 22.7. The van der Waals surface area contributed by atoms with E-state index in [-0.39, 0.29) is 39.9 Å². The van der Waals surface area contributed by atoms with Crippen molar-refractivity contribution in [3.63, 3.8) is 0 Å². The molecule has 48 heavy (non-hydrogen) atoms. The Morgan fingerprint density at radius 1 is 0.812 bits per heavy atom. The lowest BCUT2D eigenvalue weighted by Gasteiger charge is -2.41. The van der Waals surface area contributed by atoms with Gasteiger partial charge in [0.25, 0.3) is 11.9 Å². The quantitative estimate of drug-likeness (QED) is 0.0755. The Bertz CT molecular complexity index is 1510. The summed E-state index contributed by atoms with van der Waals surface area (Å²) in [6, 6.07) is 4.81. The highest BCUT2D eigenvalue weighted by atomic mass is 16.7. The second-order valence-electron chi connectivity index (χ2n) is 11.3. The molecular formula is C30H37O18+. The van der Waals surface area contributed by atoms with Crippen LogP contribution in [0.3, 0.4) is 0 Å². The van der Waals surface area contributed by atoms with Crippen molar-refractivity contribution in [1.82, 2.24) is 0 Å². The molecule has 264 valence electrons. The Balaban J connectivity index is 1.55. The molecule has 0 aliphatic carbocycles. The molecular weight excluding hydrogens is 648 g/mol. The van der Waals surface area contributed by atoms with Crippen molar-refractivity contribution in [2.24, 2.45) is 0 Å². The number of benzene rings is 2. The molecule has 3 heterocycles. The number of phenols is 3. The number of rotatable bonds is 9. The summed E-state index contributed by atoms with van der Waals surface area (Å²) in [6.45, 7) is -0.116. The van der Waals surface area contributed by atoms with Gasteiger partial charge in [-0.25, -0.2) is 0 Å². The molecule has 0 bridgehead atoms. The van der Waals surface area contributed by atoms with Crippen LogP contribution in [0.15, 0.2) is 30.0 Å². The predicted octanol–water partition coefficient (Wildman–Crippen LogP) is -2.28. The van der Waals surface area contributed by atoms with E-state index in [1.807, 2.05) is 0 Å². The van der Waals surface area contributed by atoms with Crippen molar-refractivity contribution in [3.8, 4) is 34.5 Å². The first kappa shape index (κ1) is 35.2. The van der Waals surface area contributed by atoms with Crippen molar-refractivity contribution in [2.45, 2.75) is 74.4 Å². The van der Waals surface area contributed by atoms with Crippen LogP contribution in [0.1, 0.15) is 24.2 Å². The first-order valence-corrected chi connectivity index (χ1v) is 14.6. The van der Waals surface area contributed by atoms with Gasteiger partial charge in [-0.05, 0) is 12.1 Å². The minimum atomic E-state index is -1.84. The van der Waals surface area contributed by atoms with Crippen LogP contribution < -0.4 is 9.47 Å². The summed E-state index contributed by atoms with van der Waals surface area (Å²) < 4.78 is 37.6. The maximum Gasteiger partial charge on any atom is 0.302 e. The van der Waals surface area contributed by atoms with Gasteiger partial charge in [0, 0.05) is 19.1 Å². The molecule has 3 aliphatic heterocycles. The maximum absolute atomic E-state index is 11.3. The van der Waals surface area contributed by atoms with E-state index in [1.54, 1.807) is 0 Å². The third kappa shape index (κ3) is 6.88. The molecule has 2 aromatic carbocycles. The van der Waals surface area contributed by atoms with Crippen LogP contribution in [0.25, 0.3) is 6.08 Å². The molecule has 18 heteroatoms. The number of hydrogen-bond donors (Lipinski definition) is 10. The third-order valence-electron chi connectivity index (χ3n) is 8.01. The van der Waals surface area contributed by atoms with Gasteiger partial charge in [-0.2, -0.15) is 0 Å². The highest BCUT2D eigenvalue weighted by molar-refractivity contribution is 5.70. The van der Waals surface area contributed by atoms with Crippen LogP contribution in [0.2, 0.25) is 0 Å². The molecule has 0 spiro atoms. The standard InChI is InChI=1S/C30H36O18/c1-10(32)43-9-20-23(37)25(39)27(41)29(48-20)45-16-6-12(33)5-15-13(16)7-18(46-30-26(40)24(38)22(36)19(8-31)47-30)28(44-15)11-3-14(34)21(35)17(4-11)42-2/h3-7,19-20,22-31,33-41H,8-9H2,1-2H3/p+1/t19-,20-,22+,23+,24+,25+,26-,27-,28?,29-,30-/m1/s1. The zero-order valence-corrected chi connectivity index (χ0v) is 25.4. The molecule has 5 rings (SSSR count). The van der Waals surface area contributed by atoms with Crippen LogP contribution in [0, 0.1) is 0 Å². The molecule has 11 N–H and O–H groups in total. The monoisotopic (exact) mass is 685 g/mol. The van der Waals surface area contributed by atoms with Gasteiger partial charge in [-0.3, -0.25) is 4.79 Å². The fraction of sp³-hybridized carbons (Fsp3) is 0.500. The number of aliphatic hydroxyl groups excluding tert-OH is 7. The lowest BCUT2D eigenvalue weighted by molar-refractivity contribution is -0.295. The fourth-order valence-electron chi connectivity index (χ4n) is 5.41. The van der Waals surface area contributed by atoms with Gasteiger partial charge >= 0.3 is 5.97 Å².